The minimum Gasteiger partial charge on any atom is -0.505 e. The molecule has 0 saturated heterocycles. The summed E-state index contributed by atoms with van der Waals surface area (Å²) in [6, 6.07) is 17.6. The van der Waals surface area contributed by atoms with E-state index in [9.17, 15) is 19.1 Å². The second-order valence-electron chi connectivity index (χ2n) is 9.99. The largest absolute Gasteiger partial charge is 0.505 e. The number of nitrogens with one attached hydrogen (secondary N) is 1. The number of pyridine rings is 1. The number of aromatic nitrogens is 1. The van der Waals surface area contributed by atoms with Gasteiger partial charge in [-0.25, -0.2) is 9.37 Å². The monoisotopic (exact) mass is 569 g/mol. The van der Waals surface area contributed by atoms with Gasteiger partial charge in [-0.2, -0.15) is 0 Å². The van der Waals surface area contributed by atoms with Gasteiger partial charge >= 0.3 is 0 Å². The molecular weight excluding hydrogens is 541 g/mol. The molecule has 0 spiro atoms. The molecule has 42 heavy (non-hydrogen) atoms. The zero-order valence-corrected chi connectivity index (χ0v) is 22.8. The van der Waals surface area contributed by atoms with Crippen LogP contribution in [-0.2, 0) is 6.42 Å². The van der Waals surface area contributed by atoms with E-state index in [1.807, 2.05) is 24.3 Å². The molecule has 3 aliphatic rings. The lowest BCUT2D eigenvalue weighted by atomic mass is 9.87. The van der Waals surface area contributed by atoms with E-state index >= 15 is 0 Å². The van der Waals surface area contributed by atoms with Crippen molar-refractivity contribution in [3.8, 4) is 28.7 Å². The normalized spacial score (nSPS) is 16.4. The smallest absolute Gasteiger partial charge is 0.277 e. The molecule has 2 amide bonds. The number of rotatable bonds is 2. The van der Waals surface area contributed by atoms with Gasteiger partial charge in [-0.3, -0.25) is 9.59 Å². The Kier molecular flexibility index (Phi) is 7.35. The van der Waals surface area contributed by atoms with Gasteiger partial charge in [0.25, 0.3) is 11.8 Å². The van der Waals surface area contributed by atoms with Crippen molar-refractivity contribution in [3.05, 3.63) is 107 Å². The fourth-order valence-corrected chi connectivity index (χ4v) is 5.35. The molecular formula is C32H28FN3O6. The minimum absolute atomic E-state index is 0.0282. The molecule has 0 aliphatic carbocycles. The zero-order chi connectivity index (χ0) is 29.2. The number of ether oxygens (including phenoxy) is 3. The van der Waals surface area contributed by atoms with Crippen LogP contribution in [0, 0.1) is 5.82 Å². The average Bonchev–Trinajstić information content (AvgIpc) is 3.00. The fourth-order valence-electron chi connectivity index (χ4n) is 5.35. The minimum atomic E-state index is -0.649. The topological polar surface area (TPSA) is 110 Å². The van der Waals surface area contributed by atoms with Crippen molar-refractivity contribution >= 4 is 11.8 Å². The fraction of sp³-hybridized carbons (Fsp3) is 0.219. The molecule has 8 bridgehead atoms. The first kappa shape index (κ1) is 27.1. The quantitative estimate of drug-likeness (QED) is 0.349. The van der Waals surface area contributed by atoms with Gasteiger partial charge < -0.3 is 29.5 Å². The van der Waals surface area contributed by atoms with Crippen LogP contribution in [0.3, 0.4) is 0 Å². The number of carbonyl (C=O) groups excluding carboxylic acids is 2. The molecule has 1 aromatic heterocycles. The van der Waals surface area contributed by atoms with Gasteiger partial charge in [0.15, 0.2) is 17.2 Å². The van der Waals surface area contributed by atoms with Gasteiger partial charge in [0.05, 0.1) is 25.3 Å². The van der Waals surface area contributed by atoms with Crippen molar-refractivity contribution < 1.29 is 33.3 Å². The molecule has 4 aromatic rings. The summed E-state index contributed by atoms with van der Waals surface area (Å²) in [5.74, 6) is 0.0194. The number of fused-ring (bicyclic) bond motifs is 6. The van der Waals surface area contributed by atoms with Crippen LogP contribution in [0.15, 0.2) is 72.9 Å². The number of nitrogens with zero attached hydrogens (tertiary/aromatic N) is 2. The molecule has 10 heteroatoms. The molecule has 1 unspecified atom stereocenters. The molecule has 3 aromatic carbocycles. The van der Waals surface area contributed by atoms with E-state index in [0.717, 1.165) is 16.7 Å². The van der Waals surface area contributed by atoms with E-state index in [2.05, 4.69) is 10.3 Å². The predicted molar refractivity (Wildman–Crippen MR) is 151 cm³/mol. The molecule has 0 saturated carbocycles. The maximum absolute atomic E-state index is 14.5. The Bertz CT molecular complexity index is 1680. The van der Waals surface area contributed by atoms with E-state index in [-0.39, 0.29) is 30.2 Å². The molecule has 2 N–H and O–H groups in total. The number of benzene rings is 3. The summed E-state index contributed by atoms with van der Waals surface area (Å²) < 4.78 is 32.1. The van der Waals surface area contributed by atoms with Crippen LogP contribution < -0.4 is 19.5 Å². The van der Waals surface area contributed by atoms with E-state index in [0.29, 0.717) is 42.4 Å². The Labute approximate surface area is 241 Å². The van der Waals surface area contributed by atoms with Crippen molar-refractivity contribution in [1.82, 2.24) is 15.2 Å². The summed E-state index contributed by atoms with van der Waals surface area (Å²) in [7, 11) is 1.54. The number of carbonyl (C=O) groups is 2. The maximum atomic E-state index is 14.5. The van der Waals surface area contributed by atoms with Gasteiger partial charge in [-0.15, -0.1) is 0 Å². The molecule has 214 valence electrons. The Morgan fingerprint density at radius 2 is 1.95 bits per heavy atom. The van der Waals surface area contributed by atoms with Crippen molar-refractivity contribution in [2.45, 2.75) is 18.9 Å². The zero-order valence-electron chi connectivity index (χ0n) is 22.8. The van der Waals surface area contributed by atoms with Crippen molar-refractivity contribution in [3.63, 3.8) is 0 Å². The van der Waals surface area contributed by atoms with Gasteiger partial charge in [0.2, 0.25) is 0 Å². The van der Waals surface area contributed by atoms with Crippen LogP contribution >= 0.6 is 0 Å². The highest BCUT2D eigenvalue weighted by atomic mass is 19.1. The average molecular weight is 570 g/mol. The standard InChI is InChI=1S/C32H28FN3O6/c1-40-27-10-5-20-17-28(27)41-15-3-13-35-31(38)24-18-22(7-9-25(24)33)42-21-6-8-23-19(16-21)11-14-36(30(20)23)32(39)29-26(37)4-2-12-34-29/h2,4-10,12,16-18,30,37H,3,11,13-15H2,1H3,(H,35,38). The highest BCUT2D eigenvalue weighted by molar-refractivity contribution is 5.96. The molecule has 3 aliphatic heterocycles. The van der Waals surface area contributed by atoms with Crippen LogP contribution in [0.1, 0.15) is 50.0 Å². The second-order valence-corrected chi connectivity index (χ2v) is 9.99. The summed E-state index contributed by atoms with van der Waals surface area (Å²) in [6.07, 6.45) is 2.44. The summed E-state index contributed by atoms with van der Waals surface area (Å²) in [5.41, 5.74) is 2.45. The Hall–Kier alpha value is -5.12. The summed E-state index contributed by atoms with van der Waals surface area (Å²) in [4.78, 5) is 32.3. The van der Waals surface area contributed by atoms with Gasteiger partial charge in [-0.05, 0) is 84.1 Å². The lowest BCUT2D eigenvalue weighted by Gasteiger charge is -2.38. The predicted octanol–water partition coefficient (Wildman–Crippen LogP) is 5.03. The number of halogens is 1. The van der Waals surface area contributed by atoms with Crippen LogP contribution in [0.4, 0.5) is 4.39 Å². The first-order valence-electron chi connectivity index (χ1n) is 13.6. The highest BCUT2D eigenvalue weighted by Crippen LogP contribution is 2.41. The maximum Gasteiger partial charge on any atom is 0.277 e. The third-order valence-electron chi connectivity index (χ3n) is 7.38. The van der Waals surface area contributed by atoms with Crippen molar-refractivity contribution in [2.75, 3.05) is 26.8 Å². The van der Waals surface area contributed by atoms with Crippen molar-refractivity contribution in [1.29, 1.82) is 0 Å². The van der Waals surface area contributed by atoms with E-state index < -0.39 is 23.7 Å². The van der Waals surface area contributed by atoms with Gasteiger partial charge in [0.1, 0.15) is 23.1 Å². The molecule has 9 nitrogen and oxygen atoms in total. The number of methoxy groups -OCH3 is 1. The third-order valence-corrected chi connectivity index (χ3v) is 7.38. The van der Waals surface area contributed by atoms with Gasteiger partial charge in [-0.1, -0.05) is 12.1 Å². The lowest BCUT2D eigenvalue weighted by Crippen LogP contribution is -2.41. The first-order valence-corrected chi connectivity index (χ1v) is 13.6. The molecule has 0 radical (unpaired) electrons. The van der Waals surface area contributed by atoms with E-state index in [4.69, 9.17) is 14.2 Å². The van der Waals surface area contributed by atoms with E-state index in [1.54, 1.807) is 30.2 Å². The highest BCUT2D eigenvalue weighted by Gasteiger charge is 2.35. The Morgan fingerprint density at radius 1 is 1.12 bits per heavy atom. The molecule has 0 fully saturated rings. The summed E-state index contributed by atoms with van der Waals surface area (Å²) >= 11 is 0. The molecule has 7 rings (SSSR count). The Morgan fingerprint density at radius 3 is 2.79 bits per heavy atom. The number of amides is 2. The van der Waals surface area contributed by atoms with Crippen LogP contribution in [-0.4, -0.2) is 53.6 Å². The number of hydrogen-bond donors (Lipinski definition) is 2. The summed E-state index contributed by atoms with van der Waals surface area (Å²) in [6.45, 7) is 0.855. The SMILES string of the molecule is COc1ccc2cc1OCCCNC(=O)c1cc(ccc1F)Oc1ccc3c(c1)CCN(C(=O)c1ncccc1O)C23. The van der Waals surface area contributed by atoms with Crippen LogP contribution in [0.25, 0.3) is 0 Å². The number of aromatic hydroxyl groups is 1. The van der Waals surface area contributed by atoms with Gasteiger partial charge in [0, 0.05) is 19.3 Å². The van der Waals surface area contributed by atoms with Crippen molar-refractivity contribution in [2.24, 2.45) is 0 Å². The van der Waals surface area contributed by atoms with Crippen LogP contribution in [0.5, 0.6) is 28.7 Å². The summed E-state index contributed by atoms with van der Waals surface area (Å²) in [5, 5.41) is 13.1. The Balaban J connectivity index is 1.47. The van der Waals surface area contributed by atoms with Crippen LogP contribution in [0.2, 0.25) is 0 Å². The third kappa shape index (κ3) is 5.18. The lowest BCUT2D eigenvalue weighted by molar-refractivity contribution is 0.0684. The molecule has 4 heterocycles. The van der Waals surface area contributed by atoms with E-state index in [1.165, 1.54) is 30.5 Å². The second kappa shape index (κ2) is 11.4. The molecule has 1 atom stereocenters. The first-order chi connectivity index (χ1) is 20.4. The number of hydrogen-bond acceptors (Lipinski definition) is 7.